The number of nitrogens with zero attached hydrogens (tertiary/aromatic N) is 4. The van der Waals surface area contributed by atoms with Gasteiger partial charge in [0, 0.05) is 34.4 Å². The molecule has 1 amide bonds. The summed E-state index contributed by atoms with van der Waals surface area (Å²) in [7, 11) is 0. The number of anilines is 1. The Morgan fingerprint density at radius 2 is 1.88 bits per heavy atom. The van der Waals surface area contributed by atoms with Crippen LogP contribution in [0.3, 0.4) is 0 Å². The van der Waals surface area contributed by atoms with E-state index in [4.69, 9.17) is 16.3 Å². The number of halogens is 1. The van der Waals surface area contributed by atoms with Crippen molar-refractivity contribution < 1.29 is 9.53 Å². The van der Waals surface area contributed by atoms with Gasteiger partial charge in [0.05, 0.1) is 11.9 Å². The van der Waals surface area contributed by atoms with Gasteiger partial charge in [-0.1, -0.05) is 23.4 Å². The van der Waals surface area contributed by atoms with E-state index in [0.29, 0.717) is 28.3 Å². The van der Waals surface area contributed by atoms with Gasteiger partial charge in [-0.3, -0.25) is 14.3 Å². The summed E-state index contributed by atoms with van der Waals surface area (Å²) in [4.78, 5) is 17.0. The summed E-state index contributed by atoms with van der Waals surface area (Å²) in [5.74, 6) is 1.27. The van der Waals surface area contributed by atoms with Crippen molar-refractivity contribution in [3.05, 3.63) is 78.1 Å². The van der Waals surface area contributed by atoms with Crippen LogP contribution in [0.4, 0.5) is 5.69 Å². The van der Waals surface area contributed by atoms with Crippen LogP contribution in [-0.4, -0.2) is 37.5 Å². The lowest BCUT2D eigenvalue weighted by Crippen LogP contribution is -2.22. The minimum absolute atomic E-state index is 0.147. The highest BCUT2D eigenvalue weighted by molar-refractivity contribution is 8.00. The van der Waals surface area contributed by atoms with Crippen molar-refractivity contribution in [3.8, 4) is 22.8 Å². The average molecular weight is 480 g/mol. The number of ether oxygens (including phenoxy) is 1. The van der Waals surface area contributed by atoms with Crippen molar-refractivity contribution in [1.29, 1.82) is 0 Å². The van der Waals surface area contributed by atoms with E-state index in [0.717, 1.165) is 17.0 Å². The molecule has 0 saturated carbocycles. The first kappa shape index (κ1) is 22.8. The van der Waals surface area contributed by atoms with Crippen LogP contribution in [0.15, 0.2) is 78.2 Å². The van der Waals surface area contributed by atoms with Gasteiger partial charge in [0.2, 0.25) is 5.91 Å². The van der Waals surface area contributed by atoms with Gasteiger partial charge in [-0.2, -0.15) is 0 Å². The predicted octanol–water partition coefficient (Wildman–Crippen LogP) is 5.50. The van der Waals surface area contributed by atoms with Crippen LogP contribution in [0.25, 0.3) is 17.1 Å². The highest BCUT2D eigenvalue weighted by Crippen LogP contribution is 2.31. The summed E-state index contributed by atoms with van der Waals surface area (Å²) in [5, 5.41) is 12.5. The Labute approximate surface area is 201 Å². The Hall–Kier alpha value is -3.36. The zero-order valence-electron chi connectivity index (χ0n) is 18.1. The summed E-state index contributed by atoms with van der Waals surface area (Å²) in [5.41, 5.74) is 2.36. The van der Waals surface area contributed by atoms with Crippen LogP contribution in [0.1, 0.15) is 13.8 Å². The number of benzene rings is 2. The maximum Gasteiger partial charge on any atom is 0.237 e. The van der Waals surface area contributed by atoms with E-state index in [-0.39, 0.29) is 5.91 Å². The molecule has 2 aromatic heterocycles. The molecule has 33 heavy (non-hydrogen) atoms. The van der Waals surface area contributed by atoms with E-state index in [1.165, 1.54) is 11.8 Å². The molecule has 0 spiro atoms. The lowest BCUT2D eigenvalue weighted by molar-refractivity contribution is -0.115. The summed E-state index contributed by atoms with van der Waals surface area (Å²) >= 11 is 7.25. The number of hydrogen-bond donors (Lipinski definition) is 1. The van der Waals surface area contributed by atoms with Crippen LogP contribution in [0.5, 0.6) is 5.75 Å². The fourth-order valence-electron chi connectivity index (χ4n) is 3.11. The molecule has 0 aliphatic heterocycles. The number of aromatic nitrogens is 4. The first-order valence-corrected chi connectivity index (χ1v) is 11.6. The Morgan fingerprint density at radius 3 is 2.55 bits per heavy atom. The number of carbonyl (C=O) groups is 1. The van der Waals surface area contributed by atoms with Crippen molar-refractivity contribution in [3.63, 3.8) is 0 Å². The molecule has 9 heteroatoms. The Morgan fingerprint density at radius 1 is 1.12 bits per heavy atom. The molecule has 0 aliphatic rings. The highest BCUT2D eigenvalue weighted by Gasteiger charge is 2.22. The molecule has 1 atom stereocenters. The molecule has 7 nitrogen and oxygen atoms in total. The number of carbonyl (C=O) groups excluding carboxylic acids is 1. The Balaban J connectivity index is 1.62. The second-order valence-electron chi connectivity index (χ2n) is 7.07. The first-order valence-electron chi connectivity index (χ1n) is 10.4. The van der Waals surface area contributed by atoms with E-state index >= 15 is 0 Å². The maximum absolute atomic E-state index is 12.8. The van der Waals surface area contributed by atoms with E-state index in [1.807, 2.05) is 54.8 Å². The summed E-state index contributed by atoms with van der Waals surface area (Å²) in [6, 6.07) is 18.5. The molecule has 0 fully saturated rings. The maximum atomic E-state index is 12.8. The van der Waals surface area contributed by atoms with Gasteiger partial charge in [0.15, 0.2) is 11.0 Å². The van der Waals surface area contributed by atoms with Crippen LogP contribution in [-0.2, 0) is 4.79 Å². The fourth-order valence-corrected chi connectivity index (χ4v) is 4.10. The van der Waals surface area contributed by atoms with E-state index in [2.05, 4.69) is 20.5 Å². The quantitative estimate of drug-likeness (QED) is 0.336. The molecule has 2 heterocycles. The molecule has 1 N–H and O–H groups in total. The number of nitrogens with one attached hydrogen (secondary N) is 1. The Kier molecular flexibility index (Phi) is 7.26. The topological polar surface area (TPSA) is 81.9 Å². The van der Waals surface area contributed by atoms with Crippen molar-refractivity contribution in [2.45, 2.75) is 24.3 Å². The van der Waals surface area contributed by atoms with E-state index in [9.17, 15) is 4.79 Å². The summed E-state index contributed by atoms with van der Waals surface area (Å²) in [6.07, 6.45) is 3.44. The molecule has 1 unspecified atom stereocenters. The van der Waals surface area contributed by atoms with Crippen molar-refractivity contribution in [2.75, 3.05) is 11.9 Å². The number of rotatable bonds is 8. The van der Waals surface area contributed by atoms with Crippen LogP contribution in [0.2, 0.25) is 5.02 Å². The standard InChI is InChI=1S/C24H22ClN5O2S/c1-3-32-21-12-10-20(11-13-21)30-22(17-5-4-14-26-15-17)28-29-24(30)33-16(2)23(31)27-19-8-6-18(25)7-9-19/h4-16H,3H2,1-2H3,(H,27,31). The van der Waals surface area contributed by atoms with E-state index in [1.54, 1.807) is 36.7 Å². The summed E-state index contributed by atoms with van der Waals surface area (Å²) < 4.78 is 7.49. The number of thioether (sulfide) groups is 1. The summed E-state index contributed by atoms with van der Waals surface area (Å²) in [6.45, 7) is 4.37. The lowest BCUT2D eigenvalue weighted by atomic mass is 10.2. The normalized spacial score (nSPS) is 11.7. The number of hydrogen-bond acceptors (Lipinski definition) is 6. The molecule has 4 aromatic rings. The number of amides is 1. The second-order valence-corrected chi connectivity index (χ2v) is 8.81. The van der Waals surface area contributed by atoms with Gasteiger partial charge in [0.25, 0.3) is 0 Å². The fraction of sp³-hybridized carbons (Fsp3) is 0.167. The number of pyridine rings is 1. The van der Waals surface area contributed by atoms with Crippen molar-refractivity contribution in [2.24, 2.45) is 0 Å². The molecule has 2 aromatic carbocycles. The molecule has 0 saturated heterocycles. The molecule has 0 radical (unpaired) electrons. The van der Waals surface area contributed by atoms with E-state index < -0.39 is 5.25 Å². The van der Waals surface area contributed by atoms with Crippen LogP contribution < -0.4 is 10.1 Å². The SMILES string of the molecule is CCOc1ccc(-n2c(SC(C)C(=O)Nc3ccc(Cl)cc3)nnc2-c2cccnc2)cc1. The minimum atomic E-state index is -0.423. The van der Waals surface area contributed by atoms with Gasteiger partial charge in [0.1, 0.15) is 5.75 Å². The molecule has 168 valence electrons. The van der Waals surface area contributed by atoms with Gasteiger partial charge in [-0.15, -0.1) is 10.2 Å². The highest BCUT2D eigenvalue weighted by atomic mass is 35.5. The largest absolute Gasteiger partial charge is 0.494 e. The zero-order chi connectivity index (χ0) is 23.2. The third-order valence-electron chi connectivity index (χ3n) is 4.72. The molecule has 0 bridgehead atoms. The van der Waals surface area contributed by atoms with Crippen molar-refractivity contribution >= 4 is 35.0 Å². The van der Waals surface area contributed by atoms with Crippen LogP contribution in [0, 0.1) is 0 Å². The monoisotopic (exact) mass is 479 g/mol. The smallest absolute Gasteiger partial charge is 0.237 e. The average Bonchev–Trinajstić information content (AvgIpc) is 3.25. The van der Waals surface area contributed by atoms with Gasteiger partial charge >= 0.3 is 0 Å². The van der Waals surface area contributed by atoms with Gasteiger partial charge in [-0.05, 0) is 74.5 Å². The lowest BCUT2D eigenvalue weighted by Gasteiger charge is -2.14. The van der Waals surface area contributed by atoms with Gasteiger partial charge in [-0.25, -0.2) is 0 Å². The first-order chi connectivity index (χ1) is 16.0. The third-order valence-corrected chi connectivity index (χ3v) is 6.02. The third kappa shape index (κ3) is 5.53. The molecular weight excluding hydrogens is 458 g/mol. The van der Waals surface area contributed by atoms with Crippen LogP contribution >= 0.6 is 23.4 Å². The molecular formula is C24H22ClN5O2S. The second kappa shape index (κ2) is 10.5. The van der Waals surface area contributed by atoms with Crippen molar-refractivity contribution in [1.82, 2.24) is 19.7 Å². The molecule has 0 aliphatic carbocycles. The predicted molar refractivity (Wildman–Crippen MR) is 131 cm³/mol. The van der Waals surface area contributed by atoms with Gasteiger partial charge < -0.3 is 10.1 Å². The zero-order valence-corrected chi connectivity index (χ0v) is 19.7. The molecule has 4 rings (SSSR count). The minimum Gasteiger partial charge on any atom is -0.494 e. The Bertz CT molecular complexity index is 1210.